The van der Waals surface area contributed by atoms with Crippen molar-refractivity contribution in [1.29, 1.82) is 0 Å². The lowest BCUT2D eigenvalue weighted by molar-refractivity contribution is -0.126. The molecule has 0 spiro atoms. The summed E-state index contributed by atoms with van der Waals surface area (Å²) in [6.45, 7) is 0. The van der Waals surface area contributed by atoms with Gasteiger partial charge in [0.25, 0.3) is 0 Å². The number of benzene rings is 5. The number of imide groups is 2. The third kappa shape index (κ3) is 5.81. The lowest BCUT2D eigenvalue weighted by Gasteiger charge is -2.42. The fourth-order valence-corrected chi connectivity index (χ4v) is 9.87. The summed E-state index contributed by atoms with van der Waals surface area (Å²) in [5.41, 5.74) is 6.60. The molecule has 1 N–H and O–H groups in total. The van der Waals surface area contributed by atoms with Gasteiger partial charge in [0.1, 0.15) is 11.0 Å². The molecule has 2 aliphatic heterocycles. The number of oxazole rings is 2. The molecular formula is C49H36N4O8. The maximum Gasteiger partial charge on any atom is 0.238 e. The van der Waals surface area contributed by atoms with E-state index in [2.05, 4.69) is 9.97 Å². The Morgan fingerprint density at radius 3 is 1.79 bits per heavy atom. The summed E-state index contributed by atoms with van der Waals surface area (Å²) >= 11 is 0. The first-order valence-corrected chi connectivity index (χ1v) is 20.2. The number of rotatable bonds is 7. The van der Waals surface area contributed by atoms with Crippen molar-refractivity contribution >= 4 is 63.3 Å². The molecule has 11 rings (SSSR count). The monoisotopic (exact) mass is 808 g/mol. The molecule has 4 heterocycles. The van der Waals surface area contributed by atoms with Crippen molar-refractivity contribution in [3.8, 4) is 34.4 Å². The fraction of sp³-hybridized carbons (Fsp3) is 0.184. The van der Waals surface area contributed by atoms with Crippen molar-refractivity contribution in [2.24, 2.45) is 35.5 Å². The van der Waals surface area contributed by atoms with Crippen molar-refractivity contribution in [1.82, 2.24) is 9.97 Å². The number of aromatic nitrogens is 2. The predicted octanol–water partition coefficient (Wildman–Crippen LogP) is 8.61. The molecular weight excluding hydrogens is 773 g/mol. The number of carbonyl (C=O) groups is 4. The van der Waals surface area contributed by atoms with E-state index in [0.717, 1.165) is 16.6 Å². The van der Waals surface area contributed by atoms with Crippen LogP contribution in [-0.4, -0.2) is 45.8 Å². The summed E-state index contributed by atoms with van der Waals surface area (Å²) in [4.78, 5) is 69.7. The first-order valence-electron chi connectivity index (χ1n) is 20.2. The van der Waals surface area contributed by atoms with Gasteiger partial charge in [-0.25, -0.2) is 9.97 Å². The molecule has 1 saturated carbocycles. The second kappa shape index (κ2) is 14.0. The molecule has 61 heavy (non-hydrogen) atoms. The summed E-state index contributed by atoms with van der Waals surface area (Å²) in [6.07, 6.45) is 6.32. The van der Waals surface area contributed by atoms with Gasteiger partial charge < -0.3 is 18.7 Å². The molecule has 12 nitrogen and oxygen atoms in total. The van der Waals surface area contributed by atoms with Crippen molar-refractivity contribution in [3.05, 3.63) is 139 Å². The Morgan fingerprint density at radius 1 is 0.656 bits per heavy atom. The second-order valence-corrected chi connectivity index (χ2v) is 16.0. The third-order valence-corrected chi connectivity index (χ3v) is 12.7. The largest absolute Gasteiger partial charge is 0.504 e. The molecule has 0 bridgehead atoms. The van der Waals surface area contributed by atoms with E-state index in [1.54, 1.807) is 60.7 Å². The van der Waals surface area contributed by atoms with Crippen LogP contribution in [0, 0.1) is 35.5 Å². The van der Waals surface area contributed by atoms with Crippen LogP contribution < -0.4 is 14.5 Å². The van der Waals surface area contributed by atoms with E-state index >= 15 is 0 Å². The zero-order valence-electron chi connectivity index (χ0n) is 32.7. The molecule has 6 unspecified atom stereocenters. The summed E-state index contributed by atoms with van der Waals surface area (Å²) in [5, 5.41) is 10.3. The van der Waals surface area contributed by atoms with Gasteiger partial charge in [0, 0.05) is 17.0 Å². The molecule has 5 aromatic carbocycles. The van der Waals surface area contributed by atoms with E-state index in [-0.39, 0.29) is 41.5 Å². The summed E-state index contributed by atoms with van der Waals surface area (Å²) in [5.74, 6) is -4.04. The Bertz CT molecular complexity index is 2950. The number of ether oxygens (including phenoxy) is 1. The Hall–Kier alpha value is -7.60. The minimum absolute atomic E-state index is 0.0115. The topological polar surface area (TPSA) is 156 Å². The van der Waals surface area contributed by atoms with Gasteiger partial charge in [-0.1, -0.05) is 54.1 Å². The Labute approximate surface area is 348 Å². The van der Waals surface area contributed by atoms with Crippen molar-refractivity contribution < 1.29 is 37.9 Å². The third-order valence-electron chi connectivity index (χ3n) is 12.7. The number of hydrogen-bond donors (Lipinski definition) is 1. The number of para-hydroxylation sites is 4. The number of carbonyl (C=O) groups excluding carboxylic acids is 4. The summed E-state index contributed by atoms with van der Waals surface area (Å²) in [6, 6.07) is 33.9. The van der Waals surface area contributed by atoms with E-state index in [1.165, 1.54) is 23.0 Å². The Kier molecular flexibility index (Phi) is 8.38. The summed E-state index contributed by atoms with van der Waals surface area (Å²) in [7, 11) is 1.47. The number of anilines is 2. The number of aromatic hydroxyl groups is 1. The standard InChI is InChI=1S/C49H36N4O8/c1-59-41-24-26(11-23-38(41)54)10-20-32-31-21-22-33-43(49(58)52(46(33)55)29-16-12-27(13-17-29)44-50-36-6-2-4-8-39(36)60-44)34(31)25-35-42(32)48(57)53(47(35)56)30-18-14-28(15-19-30)45-51-37-7-3-5-9-40(37)61-45/h2-21,23-24,32-35,42-43,54H,22,25H2,1H3. The van der Waals surface area contributed by atoms with Gasteiger partial charge in [0.15, 0.2) is 22.7 Å². The highest BCUT2D eigenvalue weighted by Gasteiger charge is 2.61. The quantitative estimate of drug-likeness (QED) is 0.122. The number of amides is 4. The van der Waals surface area contributed by atoms with Gasteiger partial charge in [0.2, 0.25) is 35.4 Å². The number of phenolic OH excluding ortho intramolecular Hbond substituents is 1. The molecule has 2 aliphatic carbocycles. The molecule has 12 heteroatoms. The van der Waals surface area contributed by atoms with Crippen LogP contribution in [0.15, 0.2) is 142 Å². The van der Waals surface area contributed by atoms with Gasteiger partial charge in [-0.05, 0) is 109 Å². The van der Waals surface area contributed by atoms with Crippen molar-refractivity contribution in [2.45, 2.75) is 12.8 Å². The highest BCUT2D eigenvalue weighted by atomic mass is 16.5. The lowest BCUT2D eigenvalue weighted by Crippen LogP contribution is -2.43. The average Bonchev–Trinajstić information content (AvgIpc) is 4.04. The highest BCUT2D eigenvalue weighted by molar-refractivity contribution is 6.24. The molecule has 300 valence electrons. The fourth-order valence-electron chi connectivity index (χ4n) is 9.87. The van der Waals surface area contributed by atoms with E-state index in [0.29, 0.717) is 57.4 Å². The van der Waals surface area contributed by atoms with Gasteiger partial charge in [0.05, 0.1) is 42.2 Å². The number of fused-ring (bicyclic) bond motifs is 6. The zero-order chi connectivity index (χ0) is 41.5. The molecule has 4 amide bonds. The van der Waals surface area contributed by atoms with Crippen LogP contribution in [-0.2, 0) is 19.2 Å². The molecule has 0 radical (unpaired) electrons. The van der Waals surface area contributed by atoms with Gasteiger partial charge in [-0.3, -0.25) is 29.0 Å². The molecule has 7 aromatic rings. The maximum atomic E-state index is 14.6. The van der Waals surface area contributed by atoms with Crippen LogP contribution in [0.4, 0.5) is 11.4 Å². The van der Waals surface area contributed by atoms with Crippen LogP contribution >= 0.6 is 0 Å². The minimum atomic E-state index is -0.749. The van der Waals surface area contributed by atoms with Crippen LogP contribution in [0.5, 0.6) is 11.5 Å². The van der Waals surface area contributed by atoms with Gasteiger partial charge in [-0.2, -0.15) is 0 Å². The molecule has 2 saturated heterocycles. The molecule has 2 aromatic heterocycles. The first-order chi connectivity index (χ1) is 29.7. The second-order valence-electron chi connectivity index (χ2n) is 16.0. The van der Waals surface area contributed by atoms with Crippen LogP contribution in [0.2, 0.25) is 0 Å². The number of phenols is 1. The number of nitrogens with zero attached hydrogens (tertiary/aromatic N) is 4. The normalized spacial score (nSPS) is 23.5. The van der Waals surface area contributed by atoms with Crippen LogP contribution in [0.1, 0.15) is 18.4 Å². The van der Waals surface area contributed by atoms with Gasteiger partial charge in [-0.15, -0.1) is 0 Å². The van der Waals surface area contributed by atoms with Crippen molar-refractivity contribution in [3.63, 3.8) is 0 Å². The number of methoxy groups -OCH3 is 1. The number of hydrogen-bond acceptors (Lipinski definition) is 10. The van der Waals surface area contributed by atoms with E-state index in [9.17, 15) is 24.3 Å². The van der Waals surface area contributed by atoms with Crippen LogP contribution in [0.3, 0.4) is 0 Å². The predicted molar refractivity (Wildman–Crippen MR) is 226 cm³/mol. The van der Waals surface area contributed by atoms with Gasteiger partial charge >= 0.3 is 0 Å². The molecule has 4 aliphatic rings. The average molecular weight is 809 g/mol. The Balaban J connectivity index is 0.922. The highest BCUT2D eigenvalue weighted by Crippen LogP contribution is 2.56. The van der Waals surface area contributed by atoms with Crippen LogP contribution in [0.25, 0.3) is 51.2 Å². The van der Waals surface area contributed by atoms with E-state index < -0.39 is 35.5 Å². The van der Waals surface area contributed by atoms with E-state index in [4.69, 9.17) is 13.6 Å². The maximum absolute atomic E-state index is 14.6. The summed E-state index contributed by atoms with van der Waals surface area (Å²) < 4.78 is 17.2. The zero-order valence-corrected chi connectivity index (χ0v) is 32.7. The smallest absolute Gasteiger partial charge is 0.238 e. The molecule has 6 atom stereocenters. The van der Waals surface area contributed by atoms with Crippen molar-refractivity contribution in [2.75, 3.05) is 16.9 Å². The first kappa shape index (κ1) is 36.5. The minimum Gasteiger partial charge on any atom is -0.504 e. The SMILES string of the molecule is COc1cc(C=CC2C3=CCC4C(=O)N(c5ccc(-c6nc7ccccc7o6)cc5)C(=O)C4C3CC3C(=O)N(c4ccc(-c5nc6ccccc6o5)cc4)C(=O)C23)ccc1O. The van der Waals surface area contributed by atoms with E-state index in [1.807, 2.05) is 66.8 Å². The molecule has 3 fully saturated rings. The number of allylic oxidation sites excluding steroid dienone is 3. The lowest BCUT2D eigenvalue weighted by atomic mass is 9.58. The Morgan fingerprint density at radius 2 is 1.21 bits per heavy atom.